The van der Waals surface area contributed by atoms with Crippen LogP contribution in [0.2, 0.25) is 0 Å². The predicted molar refractivity (Wildman–Crippen MR) is 80.3 cm³/mol. The van der Waals surface area contributed by atoms with E-state index in [-0.39, 0.29) is 6.04 Å². The van der Waals surface area contributed by atoms with Gasteiger partial charge in [-0.25, -0.2) is 4.98 Å². The van der Waals surface area contributed by atoms with Gasteiger partial charge in [0.15, 0.2) is 0 Å². The molecule has 0 aliphatic heterocycles. The van der Waals surface area contributed by atoms with Crippen molar-refractivity contribution in [3.8, 4) is 0 Å². The van der Waals surface area contributed by atoms with Crippen molar-refractivity contribution < 1.29 is 4.42 Å². The van der Waals surface area contributed by atoms with Gasteiger partial charge in [-0.2, -0.15) is 0 Å². The fraction of sp³-hybridized carbons (Fsp3) is 0.800. The number of nitrogens with two attached hydrogens (primary N) is 1. The van der Waals surface area contributed by atoms with Crippen LogP contribution in [-0.4, -0.2) is 16.3 Å². The average Bonchev–Trinajstić information content (AvgIpc) is 2.90. The lowest BCUT2D eigenvalue weighted by Crippen LogP contribution is -2.32. The van der Waals surface area contributed by atoms with Gasteiger partial charge in [-0.15, -0.1) is 0 Å². The van der Waals surface area contributed by atoms with Gasteiger partial charge >= 0.3 is 0 Å². The fourth-order valence-electron chi connectivity index (χ4n) is 2.73. The number of hydrogen-bond acceptors (Lipinski definition) is 4. The Morgan fingerprint density at radius 2 is 1.63 bits per heavy atom. The van der Waals surface area contributed by atoms with E-state index in [0.29, 0.717) is 5.25 Å². The molecule has 2 unspecified atom stereocenters. The van der Waals surface area contributed by atoms with Gasteiger partial charge in [-0.3, -0.25) is 0 Å². The third-order valence-electron chi connectivity index (χ3n) is 3.92. The maximum Gasteiger partial charge on any atom is 0.255 e. The quantitative estimate of drug-likeness (QED) is 0.874. The molecule has 108 valence electrons. The number of oxazole rings is 1. The number of rotatable bonds is 2. The number of aromatic nitrogens is 1. The van der Waals surface area contributed by atoms with Gasteiger partial charge in [0, 0.05) is 11.3 Å². The molecule has 1 aliphatic rings. The second kappa shape index (κ2) is 8.64. The maximum atomic E-state index is 6.39. The smallest absolute Gasteiger partial charge is 0.255 e. The second-order valence-corrected chi connectivity index (χ2v) is 6.71. The summed E-state index contributed by atoms with van der Waals surface area (Å²) in [5.41, 5.74) is 6.39. The van der Waals surface area contributed by atoms with E-state index in [1.807, 2.05) is 0 Å². The Kier molecular flexibility index (Phi) is 6.79. The molecule has 0 radical (unpaired) electrons. The van der Waals surface area contributed by atoms with E-state index in [0.717, 1.165) is 11.6 Å². The van der Waals surface area contributed by atoms with E-state index in [2.05, 4.69) is 4.98 Å². The fourth-order valence-corrected chi connectivity index (χ4v) is 3.82. The third kappa shape index (κ3) is 5.57. The van der Waals surface area contributed by atoms with Gasteiger partial charge in [0.1, 0.15) is 6.26 Å². The van der Waals surface area contributed by atoms with Crippen molar-refractivity contribution in [2.45, 2.75) is 80.7 Å². The molecule has 1 aliphatic carbocycles. The van der Waals surface area contributed by atoms with E-state index < -0.39 is 0 Å². The summed E-state index contributed by atoms with van der Waals surface area (Å²) in [6.07, 6.45) is 16.5. The Morgan fingerprint density at radius 1 is 1.00 bits per heavy atom. The van der Waals surface area contributed by atoms with E-state index in [1.165, 1.54) is 57.8 Å². The zero-order valence-electron chi connectivity index (χ0n) is 11.7. The Morgan fingerprint density at radius 3 is 2.26 bits per heavy atom. The van der Waals surface area contributed by atoms with Gasteiger partial charge in [-0.1, -0.05) is 63.1 Å². The number of hydrogen-bond donors (Lipinski definition) is 1. The minimum Gasteiger partial charge on any atom is -0.440 e. The topological polar surface area (TPSA) is 52.0 Å². The lowest BCUT2D eigenvalue weighted by molar-refractivity contribution is 0.443. The van der Waals surface area contributed by atoms with Crippen LogP contribution in [0.15, 0.2) is 22.1 Å². The van der Waals surface area contributed by atoms with Gasteiger partial charge in [0.05, 0.1) is 6.20 Å². The molecule has 19 heavy (non-hydrogen) atoms. The summed E-state index contributed by atoms with van der Waals surface area (Å²) >= 11 is 1.73. The van der Waals surface area contributed by atoms with E-state index in [4.69, 9.17) is 10.2 Å². The summed E-state index contributed by atoms with van der Waals surface area (Å²) in [7, 11) is 0. The Labute approximate surface area is 120 Å². The van der Waals surface area contributed by atoms with Crippen molar-refractivity contribution in [1.82, 2.24) is 4.98 Å². The molecule has 0 bridgehead atoms. The lowest BCUT2D eigenvalue weighted by atomic mass is 9.98. The van der Waals surface area contributed by atoms with Crippen LogP contribution in [0.1, 0.15) is 64.2 Å². The molecule has 1 heterocycles. The van der Waals surface area contributed by atoms with Crippen molar-refractivity contribution in [2.24, 2.45) is 5.73 Å². The molecule has 2 N–H and O–H groups in total. The predicted octanol–water partition coefficient (Wildman–Crippen LogP) is 4.38. The van der Waals surface area contributed by atoms with E-state index in [1.54, 1.807) is 24.2 Å². The summed E-state index contributed by atoms with van der Waals surface area (Å²) in [4.78, 5) is 4.22. The Bertz CT molecular complexity index is 329. The maximum absolute atomic E-state index is 6.39. The molecule has 2 atom stereocenters. The molecule has 1 fully saturated rings. The molecule has 4 heteroatoms. The Hall–Kier alpha value is -0.480. The largest absolute Gasteiger partial charge is 0.440 e. The van der Waals surface area contributed by atoms with E-state index in [9.17, 15) is 0 Å². The van der Waals surface area contributed by atoms with Crippen LogP contribution in [-0.2, 0) is 0 Å². The van der Waals surface area contributed by atoms with Crippen LogP contribution in [0.4, 0.5) is 0 Å². The first-order valence-corrected chi connectivity index (χ1v) is 8.56. The first-order chi connectivity index (χ1) is 9.36. The van der Waals surface area contributed by atoms with Gasteiger partial charge < -0.3 is 10.2 Å². The number of nitrogens with zero attached hydrogens (tertiary/aromatic N) is 1. The van der Waals surface area contributed by atoms with Crippen molar-refractivity contribution in [2.75, 3.05) is 0 Å². The van der Waals surface area contributed by atoms with Crippen LogP contribution in [0.25, 0.3) is 0 Å². The van der Waals surface area contributed by atoms with Crippen molar-refractivity contribution >= 4 is 11.8 Å². The minimum absolute atomic E-state index is 0.274. The van der Waals surface area contributed by atoms with Gasteiger partial charge in [0.25, 0.3) is 5.22 Å². The monoisotopic (exact) mass is 282 g/mol. The van der Waals surface area contributed by atoms with Gasteiger partial charge in [0.2, 0.25) is 0 Å². The number of thioether (sulfide) groups is 1. The highest BCUT2D eigenvalue weighted by molar-refractivity contribution is 7.99. The summed E-state index contributed by atoms with van der Waals surface area (Å²) in [5, 5.41) is 1.23. The zero-order chi connectivity index (χ0) is 13.3. The van der Waals surface area contributed by atoms with Crippen molar-refractivity contribution in [1.29, 1.82) is 0 Å². The van der Waals surface area contributed by atoms with Crippen LogP contribution in [0.5, 0.6) is 0 Å². The Balaban J connectivity index is 1.87. The normalized spacial score (nSPS) is 27.4. The lowest BCUT2D eigenvalue weighted by Gasteiger charge is -2.22. The third-order valence-corrected chi connectivity index (χ3v) is 5.21. The SMILES string of the molecule is NC1CCCCCCCCCCC1Sc1ncco1. The molecule has 3 nitrogen and oxygen atoms in total. The zero-order valence-corrected chi connectivity index (χ0v) is 12.5. The highest BCUT2D eigenvalue weighted by atomic mass is 32.2. The van der Waals surface area contributed by atoms with Gasteiger partial charge in [-0.05, 0) is 12.8 Å². The van der Waals surface area contributed by atoms with E-state index >= 15 is 0 Å². The van der Waals surface area contributed by atoms with Crippen LogP contribution < -0.4 is 5.73 Å². The van der Waals surface area contributed by atoms with Crippen LogP contribution in [0, 0.1) is 0 Å². The average molecular weight is 282 g/mol. The molecule has 0 aromatic carbocycles. The molecule has 1 saturated carbocycles. The summed E-state index contributed by atoms with van der Waals surface area (Å²) in [5.74, 6) is 0. The standard InChI is InChI=1S/C15H26N2OS/c16-13-9-7-5-3-1-2-4-6-8-10-14(13)19-15-17-11-12-18-15/h11-14H,1-10,16H2. The molecule has 1 aromatic heterocycles. The molecule has 0 amide bonds. The first-order valence-electron chi connectivity index (χ1n) is 7.68. The van der Waals surface area contributed by atoms with Crippen LogP contribution >= 0.6 is 11.8 Å². The molecule has 0 saturated heterocycles. The highest BCUT2D eigenvalue weighted by Gasteiger charge is 2.20. The molecular formula is C15H26N2OS. The summed E-state index contributed by atoms with van der Waals surface area (Å²) < 4.78 is 5.35. The summed E-state index contributed by atoms with van der Waals surface area (Å²) in [6, 6.07) is 0.274. The minimum atomic E-state index is 0.274. The van der Waals surface area contributed by atoms with Crippen LogP contribution in [0.3, 0.4) is 0 Å². The molecule has 1 aromatic rings. The molecule has 0 spiro atoms. The summed E-state index contributed by atoms with van der Waals surface area (Å²) in [6.45, 7) is 0. The first kappa shape index (κ1) is 14.9. The second-order valence-electron chi connectivity index (χ2n) is 5.52. The highest BCUT2D eigenvalue weighted by Crippen LogP contribution is 2.29. The van der Waals surface area contributed by atoms with Crippen molar-refractivity contribution in [3.63, 3.8) is 0 Å². The molecular weight excluding hydrogens is 256 g/mol. The molecule has 2 rings (SSSR count). The van der Waals surface area contributed by atoms with Crippen molar-refractivity contribution in [3.05, 3.63) is 12.5 Å².